The Kier molecular flexibility index (Phi) is 5.57. The molecule has 2 aromatic heterocycles. The van der Waals surface area contributed by atoms with Crippen LogP contribution in [0.4, 0.5) is 0 Å². The van der Waals surface area contributed by atoms with Crippen molar-refractivity contribution in [3.05, 3.63) is 90.3 Å². The van der Waals surface area contributed by atoms with E-state index in [1.807, 2.05) is 36.5 Å². The van der Waals surface area contributed by atoms with E-state index in [0.717, 1.165) is 57.3 Å². The molecule has 0 aliphatic carbocycles. The van der Waals surface area contributed by atoms with Gasteiger partial charge in [0.25, 0.3) is 0 Å². The molecule has 2 heterocycles. The fourth-order valence-corrected chi connectivity index (χ4v) is 4.02. The molecule has 0 radical (unpaired) electrons. The van der Waals surface area contributed by atoms with Crippen LogP contribution in [0, 0.1) is 0 Å². The second kappa shape index (κ2) is 8.81. The summed E-state index contributed by atoms with van der Waals surface area (Å²) in [4.78, 5) is 6.68. The molecule has 5 aromatic rings. The number of hydrogen-bond donors (Lipinski definition) is 1. The molecule has 0 bridgehead atoms. The third kappa shape index (κ3) is 4.20. The summed E-state index contributed by atoms with van der Waals surface area (Å²) in [5.41, 5.74) is 6.51. The van der Waals surface area contributed by atoms with Crippen LogP contribution in [0.25, 0.3) is 32.9 Å². The second-order valence-electron chi connectivity index (χ2n) is 8.30. The number of rotatable bonds is 7. The summed E-state index contributed by atoms with van der Waals surface area (Å²) in [5, 5.41) is 9.94. The predicted molar refractivity (Wildman–Crippen MR) is 130 cm³/mol. The van der Waals surface area contributed by atoms with Crippen molar-refractivity contribution in [3.63, 3.8) is 0 Å². The molecular formula is C27H26N4O. The highest BCUT2D eigenvalue weighted by molar-refractivity contribution is 5.87. The monoisotopic (exact) mass is 422 g/mol. The van der Waals surface area contributed by atoms with Gasteiger partial charge in [-0.2, -0.15) is 5.10 Å². The maximum Gasteiger partial charge on any atom is 0.127 e. The number of fused-ring (bicyclic) bond motifs is 2. The molecule has 5 heteroatoms. The average molecular weight is 423 g/mol. The molecule has 5 nitrogen and oxygen atoms in total. The number of aromatic nitrogens is 3. The quantitative estimate of drug-likeness (QED) is 0.378. The number of ether oxygens (including phenoxy) is 1. The van der Waals surface area contributed by atoms with E-state index in [1.165, 1.54) is 5.56 Å². The third-order valence-corrected chi connectivity index (χ3v) is 5.60. The van der Waals surface area contributed by atoms with Crippen molar-refractivity contribution in [3.8, 4) is 16.9 Å². The topological polar surface area (TPSA) is 54.0 Å². The van der Waals surface area contributed by atoms with Crippen LogP contribution in [-0.2, 0) is 13.0 Å². The number of nitrogens with one attached hydrogen (secondary N) is 1. The summed E-state index contributed by atoms with van der Waals surface area (Å²) in [6.45, 7) is 1.39. The van der Waals surface area contributed by atoms with Crippen LogP contribution in [0.15, 0.2) is 79.0 Å². The first-order valence-electron chi connectivity index (χ1n) is 10.8. The molecule has 0 aliphatic heterocycles. The molecule has 0 saturated carbocycles. The SMILES string of the molecule is CN(C)Cc1n[nH]c2ccc(-c3ccccc3OCCc3cnc4ccccc4c3)cc12. The van der Waals surface area contributed by atoms with Gasteiger partial charge in [0.15, 0.2) is 0 Å². The fourth-order valence-electron chi connectivity index (χ4n) is 4.02. The van der Waals surface area contributed by atoms with Crippen LogP contribution in [-0.4, -0.2) is 40.8 Å². The Labute approximate surface area is 187 Å². The lowest BCUT2D eigenvalue weighted by Crippen LogP contribution is -2.11. The van der Waals surface area contributed by atoms with Gasteiger partial charge < -0.3 is 9.64 Å². The van der Waals surface area contributed by atoms with Crippen molar-refractivity contribution < 1.29 is 4.74 Å². The van der Waals surface area contributed by atoms with Crippen molar-refractivity contribution in [2.24, 2.45) is 0 Å². The Hall–Kier alpha value is -3.70. The van der Waals surface area contributed by atoms with Crippen molar-refractivity contribution in [2.75, 3.05) is 20.7 Å². The number of H-pyrrole nitrogens is 1. The first-order chi connectivity index (χ1) is 15.7. The highest BCUT2D eigenvalue weighted by Gasteiger charge is 2.11. The van der Waals surface area contributed by atoms with E-state index in [1.54, 1.807) is 0 Å². The smallest absolute Gasteiger partial charge is 0.127 e. The summed E-state index contributed by atoms with van der Waals surface area (Å²) in [6.07, 6.45) is 2.75. The summed E-state index contributed by atoms with van der Waals surface area (Å²) in [6, 6.07) is 25.0. The zero-order valence-electron chi connectivity index (χ0n) is 18.4. The minimum Gasteiger partial charge on any atom is -0.493 e. The molecule has 160 valence electrons. The number of hydrogen-bond acceptors (Lipinski definition) is 4. The van der Waals surface area contributed by atoms with Gasteiger partial charge >= 0.3 is 0 Å². The average Bonchev–Trinajstić information content (AvgIpc) is 3.20. The van der Waals surface area contributed by atoms with Crippen LogP contribution in [0.5, 0.6) is 5.75 Å². The van der Waals surface area contributed by atoms with Gasteiger partial charge in [-0.25, -0.2) is 0 Å². The zero-order valence-corrected chi connectivity index (χ0v) is 18.4. The van der Waals surface area contributed by atoms with Gasteiger partial charge in [-0.3, -0.25) is 10.1 Å². The molecule has 5 rings (SSSR count). The Morgan fingerprint density at radius 2 is 1.78 bits per heavy atom. The molecule has 0 amide bonds. The van der Waals surface area contributed by atoms with Crippen molar-refractivity contribution in [1.82, 2.24) is 20.1 Å². The maximum absolute atomic E-state index is 6.24. The maximum atomic E-state index is 6.24. The van der Waals surface area contributed by atoms with Crippen molar-refractivity contribution >= 4 is 21.8 Å². The van der Waals surface area contributed by atoms with Gasteiger partial charge in [-0.05, 0) is 55.6 Å². The standard InChI is InChI=1S/C27H26N4O/c1-31(2)18-26-23-16-20(11-12-25(23)29-30-26)22-8-4-6-10-27(22)32-14-13-19-15-21-7-3-5-9-24(21)28-17-19/h3-12,15-17H,13-14,18H2,1-2H3,(H,29,30). The molecule has 0 spiro atoms. The summed E-state index contributed by atoms with van der Waals surface area (Å²) < 4.78 is 6.24. The molecule has 1 N–H and O–H groups in total. The van der Waals surface area contributed by atoms with Gasteiger partial charge in [0.1, 0.15) is 5.75 Å². The summed E-state index contributed by atoms with van der Waals surface area (Å²) in [7, 11) is 4.11. The lowest BCUT2D eigenvalue weighted by atomic mass is 10.0. The minimum absolute atomic E-state index is 0.594. The summed E-state index contributed by atoms with van der Waals surface area (Å²) >= 11 is 0. The van der Waals surface area contributed by atoms with E-state index >= 15 is 0 Å². The first kappa shape index (κ1) is 20.2. The van der Waals surface area contributed by atoms with E-state index < -0.39 is 0 Å². The van der Waals surface area contributed by atoms with Crippen LogP contribution >= 0.6 is 0 Å². The van der Waals surface area contributed by atoms with Gasteiger partial charge in [-0.15, -0.1) is 0 Å². The molecule has 0 fully saturated rings. The van der Waals surface area contributed by atoms with Gasteiger partial charge in [0, 0.05) is 35.5 Å². The lowest BCUT2D eigenvalue weighted by Gasteiger charge is -2.12. The Morgan fingerprint density at radius 1 is 0.938 bits per heavy atom. The number of benzene rings is 3. The van der Waals surface area contributed by atoms with E-state index in [4.69, 9.17) is 4.74 Å². The Balaban J connectivity index is 1.36. The number of aromatic amines is 1. The van der Waals surface area contributed by atoms with Crippen LogP contribution in [0.2, 0.25) is 0 Å². The van der Waals surface area contributed by atoms with Crippen LogP contribution < -0.4 is 4.74 Å². The number of nitrogens with zero attached hydrogens (tertiary/aromatic N) is 3. The van der Waals surface area contributed by atoms with E-state index in [9.17, 15) is 0 Å². The van der Waals surface area contributed by atoms with E-state index in [-0.39, 0.29) is 0 Å². The molecule has 0 aliphatic rings. The van der Waals surface area contributed by atoms with Gasteiger partial charge in [-0.1, -0.05) is 42.5 Å². The van der Waals surface area contributed by atoms with E-state index in [0.29, 0.717) is 6.61 Å². The van der Waals surface area contributed by atoms with Crippen LogP contribution in [0.3, 0.4) is 0 Å². The van der Waals surface area contributed by atoms with E-state index in [2.05, 4.69) is 76.6 Å². The zero-order chi connectivity index (χ0) is 21.9. The normalized spacial score (nSPS) is 11.5. The van der Waals surface area contributed by atoms with Gasteiger partial charge in [0.05, 0.1) is 23.3 Å². The highest BCUT2D eigenvalue weighted by atomic mass is 16.5. The largest absolute Gasteiger partial charge is 0.493 e. The lowest BCUT2D eigenvalue weighted by molar-refractivity contribution is 0.323. The Bertz CT molecular complexity index is 1370. The third-order valence-electron chi connectivity index (χ3n) is 5.60. The predicted octanol–water partition coefficient (Wildman–Crippen LogP) is 5.46. The number of para-hydroxylation sites is 2. The molecule has 3 aromatic carbocycles. The first-order valence-corrected chi connectivity index (χ1v) is 10.8. The second-order valence-corrected chi connectivity index (χ2v) is 8.30. The molecule has 0 atom stereocenters. The van der Waals surface area contributed by atoms with Crippen molar-refractivity contribution in [2.45, 2.75) is 13.0 Å². The fraction of sp³-hybridized carbons (Fsp3) is 0.185. The molecular weight excluding hydrogens is 396 g/mol. The summed E-state index contributed by atoms with van der Waals surface area (Å²) in [5.74, 6) is 0.887. The Morgan fingerprint density at radius 3 is 2.69 bits per heavy atom. The molecule has 0 saturated heterocycles. The van der Waals surface area contributed by atoms with Crippen molar-refractivity contribution in [1.29, 1.82) is 0 Å². The minimum atomic E-state index is 0.594. The van der Waals surface area contributed by atoms with Gasteiger partial charge in [0.2, 0.25) is 0 Å². The number of pyridine rings is 1. The van der Waals surface area contributed by atoms with Crippen LogP contribution in [0.1, 0.15) is 11.3 Å². The molecule has 0 unspecified atom stereocenters. The highest BCUT2D eigenvalue weighted by Crippen LogP contribution is 2.32. The molecule has 32 heavy (non-hydrogen) atoms.